The predicted molar refractivity (Wildman–Crippen MR) is 67.9 cm³/mol. The molecule has 0 saturated carbocycles. The predicted octanol–water partition coefficient (Wildman–Crippen LogP) is 2.93. The van der Waals surface area contributed by atoms with E-state index >= 15 is 0 Å². The largest absolute Gasteiger partial charge is 0.464 e. The van der Waals surface area contributed by atoms with Crippen molar-refractivity contribution in [2.75, 3.05) is 6.61 Å². The normalized spacial score (nSPS) is 9.56. The van der Waals surface area contributed by atoms with Gasteiger partial charge in [-0.05, 0) is 12.1 Å². The number of hydrogen-bond acceptors (Lipinski definition) is 4. The molecule has 18 heavy (non-hydrogen) atoms. The van der Waals surface area contributed by atoms with Crippen LogP contribution in [0.4, 0.5) is 0 Å². The zero-order valence-electron chi connectivity index (χ0n) is 9.34. The Hall–Kier alpha value is -2.25. The van der Waals surface area contributed by atoms with Crippen LogP contribution >= 0.6 is 11.6 Å². The number of ether oxygens (including phenoxy) is 2. The highest BCUT2D eigenvalue weighted by Gasteiger charge is 2.05. The van der Waals surface area contributed by atoms with Crippen LogP contribution in [-0.2, 0) is 0 Å². The summed E-state index contributed by atoms with van der Waals surface area (Å²) in [5.41, 5.74) is 0. The molecular formula is C13H9ClN2O2. The molecule has 4 nitrogen and oxygen atoms in total. The molecule has 0 aliphatic heterocycles. The molecule has 0 saturated heterocycles. The van der Waals surface area contributed by atoms with E-state index in [4.69, 9.17) is 27.5 Å². The van der Waals surface area contributed by atoms with Crippen LogP contribution in [0.3, 0.4) is 0 Å². The van der Waals surface area contributed by atoms with E-state index in [0.717, 1.165) is 0 Å². The molecule has 0 atom stereocenters. The molecule has 0 aliphatic rings. The SMILES string of the molecule is C#CCOc1cc(Oc2ccccc2Cl)ncn1. The van der Waals surface area contributed by atoms with Gasteiger partial charge in [0.05, 0.1) is 11.1 Å². The number of nitrogens with zero attached hydrogens (tertiary/aromatic N) is 2. The summed E-state index contributed by atoms with van der Waals surface area (Å²) in [5, 5.41) is 0.502. The molecule has 0 radical (unpaired) electrons. The molecule has 1 heterocycles. The van der Waals surface area contributed by atoms with E-state index in [-0.39, 0.29) is 6.61 Å². The minimum atomic E-state index is 0.141. The van der Waals surface area contributed by atoms with E-state index < -0.39 is 0 Å². The van der Waals surface area contributed by atoms with Gasteiger partial charge < -0.3 is 9.47 Å². The Morgan fingerprint density at radius 1 is 1.22 bits per heavy atom. The molecule has 2 aromatic rings. The van der Waals surface area contributed by atoms with Gasteiger partial charge in [0.2, 0.25) is 11.8 Å². The quantitative estimate of drug-likeness (QED) is 0.793. The molecule has 1 aromatic carbocycles. The number of para-hydroxylation sites is 1. The fraction of sp³-hybridized carbons (Fsp3) is 0.0769. The number of halogens is 1. The standard InChI is InChI=1S/C13H9ClN2O2/c1-2-7-17-12-8-13(16-9-15-12)18-11-6-4-3-5-10(11)14/h1,3-6,8-9H,7H2. The lowest BCUT2D eigenvalue weighted by molar-refractivity contribution is 0.350. The summed E-state index contributed by atoms with van der Waals surface area (Å²) in [6.45, 7) is 0.141. The van der Waals surface area contributed by atoms with Crippen LogP contribution in [-0.4, -0.2) is 16.6 Å². The van der Waals surface area contributed by atoms with Gasteiger partial charge in [0, 0.05) is 0 Å². The second-order valence-electron chi connectivity index (χ2n) is 3.22. The topological polar surface area (TPSA) is 44.2 Å². The molecule has 2 rings (SSSR count). The van der Waals surface area contributed by atoms with Gasteiger partial charge in [0.1, 0.15) is 12.1 Å². The maximum absolute atomic E-state index is 5.97. The van der Waals surface area contributed by atoms with Gasteiger partial charge in [0.25, 0.3) is 0 Å². The van der Waals surface area contributed by atoms with Crippen LogP contribution in [0.1, 0.15) is 0 Å². The van der Waals surface area contributed by atoms with Crippen molar-refractivity contribution < 1.29 is 9.47 Å². The van der Waals surface area contributed by atoms with E-state index in [1.54, 1.807) is 18.2 Å². The summed E-state index contributed by atoms with van der Waals surface area (Å²) < 4.78 is 10.7. The molecule has 0 aliphatic carbocycles. The molecule has 5 heteroatoms. The van der Waals surface area contributed by atoms with Crippen molar-refractivity contribution in [2.45, 2.75) is 0 Å². The van der Waals surface area contributed by atoms with E-state index in [1.165, 1.54) is 6.33 Å². The average molecular weight is 261 g/mol. The van der Waals surface area contributed by atoms with Gasteiger partial charge in [-0.3, -0.25) is 0 Å². The Morgan fingerprint density at radius 2 is 2.00 bits per heavy atom. The van der Waals surface area contributed by atoms with Crippen LogP contribution in [0.5, 0.6) is 17.5 Å². The van der Waals surface area contributed by atoms with Crippen LogP contribution in [0.15, 0.2) is 36.7 Å². The van der Waals surface area contributed by atoms with Crippen LogP contribution in [0.25, 0.3) is 0 Å². The van der Waals surface area contributed by atoms with Gasteiger partial charge in [-0.1, -0.05) is 29.7 Å². The van der Waals surface area contributed by atoms with Gasteiger partial charge in [-0.2, -0.15) is 0 Å². The third kappa shape index (κ3) is 3.12. The van der Waals surface area contributed by atoms with Gasteiger partial charge >= 0.3 is 0 Å². The average Bonchev–Trinajstić information content (AvgIpc) is 2.40. The Bertz CT molecular complexity index is 581. The monoisotopic (exact) mass is 260 g/mol. The lowest BCUT2D eigenvalue weighted by atomic mass is 10.3. The number of hydrogen-bond donors (Lipinski definition) is 0. The molecule has 0 unspecified atom stereocenters. The Balaban J connectivity index is 2.15. The maximum Gasteiger partial charge on any atom is 0.226 e. The first-order chi connectivity index (χ1) is 8.79. The highest BCUT2D eigenvalue weighted by molar-refractivity contribution is 6.32. The summed E-state index contributed by atoms with van der Waals surface area (Å²) in [7, 11) is 0. The summed E-state index contributed by atoms with van der Waals surface area (Å²) in [6, 6.07) is 8.65. The van der Waals surface area contributed by atoms with Crippen molar-refractivity contribution in [3.05, 3.63) is 41.7 Å². The molecule has 0 spiro atoms. The zero-order chi connectivity index (χ0) is 12.8. The summed E-state index contributed by atoms with van der Waals surface area (Å²) in [5.74, 6) is 3.55. The number of terminal acetylenes is 1. The first kappa shape index (κ1) is 12.2. The van der Waals surface area contributed by atoms with E-state index in [1.807, 2.05) is 12.1 Å². The number of rotatable bonds is 4. The van der Waals surface area contributed by atoms with Crippen molar-refractivity contribution in [3.63, 3.8) is 0 Å². The van der Waals surface area contributed by atoms with Gasteiger partial charge in [0.15, 0.2) is 6.61 Å². The van der Waals surface area contributed by atoms with E-state index in [2.05, 4.69) is 15.9 Å². The molecular weight excluding hydrogens is 252 g/mol. The molecule has 0 fully saturated rings. The van der Waals surface area contributed by atoms with E-state index in [0.29, 0.717) is 22.5 Å². The van der Waals surface area contributed by atoms with Crippen molar-refractivity contribution in [3.8, 4) is 29.9 Å². The molecule has 0 bridgehead atoms. The highest BCUT2D eigenvalue weighted by Crippen LogP contribution is 2.28. The molecule has 0 amide bonds. The van der Waals surface area contributed by atoms with E-state index in [9.17, 15) is 0 Å². The maximum atomic E-state index is 5.97. The lowest BCUT2D eigenvalue weighted by Gasteiger charge is -2.07. The second kappa shape index (κ2) is 5.89. The van der Waals surface area contributed by atoms with Crippen LogP contribution in [0.2, 0.25) is 5.02 Å². The van der Waals surface area contributed by atoms with Crippen molar-refractivity contribution >= 4 is 11.6 Å². The fourth-order valence-corrected chi connectivity index (χ4v) is 1.39. The van der Waals surface area contributed by atoms with Crippen LogP contribution in [0, 0.1) is 12.3 Å². The minimum Gasteiger partial charge on any atom is -0.464 e. The second-order valence-corrected chi connectivity index (χ2v) is 3.63. The summed E-state index contributed by atoms with van der Waals surface area (Å²) >= 11 is 5.97. The van der Waals surface area contributed by atoms with Crippen LogP contribution < -0.4 is 9.47 Å². The number of aromatic nitrogens is 2. The molecule has 1 aromatic heterocycles. The first-order valence-corrected chi connectivity index (χ1v) is 5.48. The summed E-state index contributed by atoms with van der Waals surface area (Å²) in [6.07, 6.45) is 6.42. The smallest absolute Gasteiger partial charge is 0.226 e. The molecule has 90 valence electrons. The van der Waals surface area contributed by atoms with Crippen molar-refractivity contribution in [1.82, 2.24) is 9.97 Å². The zero-order valence-corrected chi connectivity index (χ0v) is 10.1. The number of benzene rings is 1. The molecule has 0 N–H and O–H groups in total. The van der Waals surface area contributed by atoms with Gasteiger partial charge in [-0.25, -0.2) is 9.97 Å². The first-order valence-electron chi connectivity index (χ1n) is 5.10. The minimum absolute atomic E-state index is 0.141. The Labute approximate surface area is 110 Å². The fourth-order valence-electron chi connectivity index (χ4n) is 1.21. The third-order valence-electron chi connectivity index (χ3n) is 1.97. The third-order valence-corrected chi connectivity index (χ3v) is 2.28. The van der Waals surface area contributed by atoms with Crippen molar-refractivity contribution in [1.29, 1.82) is 0 Å². The Kier molecular flexibility index (Phi) is 4.00. The summed E-state index contributed by atoms with van der Waals surface area (Å²) in [4.78, 5) is 7.86. The highest BCUT2D eigenvalue weighted by atomic mass is 35.5. The lowest BCUT2D eigenvalue weighted by Crippen LogP contribution is -1.97. The van der Waals surface area contributed by atoms with Crippen molar-refractivity contribution in [2.24, 2.45) is 0 Å². The Morgan fingerprint density at radius 3 is 2.78 bits per heavy atom. The van der Waals surface area contributed by atoms with Gasteiger partial charge in [-0.15, -0.1) is 6.42 Å².